The summed E-state index contributed by atoms with van der Waals surface area (Å²) in [4.78, 5) is 12.6. The molecule has 176 valence electrons. The van der Waals surface area contributed by atoms with Crippen molar-refractivity contribution < 1.29 is 14.3 Å². The minimum Gasteiger partial charge on any atom is -0.488 e. The fourth-order valence-corrected chi connectivity index (χ4v) is 4.61. The van der Waals surface area contributed by atoms with Gasteiger partial charge in [-0.15, -0.1) is 0 Å². The third kappa shape index (κ3) is 10.1. The number of para-hydroxylation sites is 1. The van der Waals surface area contributed by atoms with Crippen molar-refractivity contribution in [3.05, 3.63) is 29.8 Å². The van der Waals surface area contributed by atoms with E-state index < -0.39 is 0 Å². The van der Waals surface area contributed by atoms with Gasteiger partial charge in [0.2, 0.25) is 0 Å². The molecule has 2 atom stereocenters. The second-order valence-electron chi connectivity index (χ2n) is 10.2. The normalized spacial score (nSPS) is 19.2. The third-order valence-corrected chi connectivity index (χ3v) is 6.20. The summed E-state index contributed by atoms with van der Waals surface area (Å²) in [5, 5.41) is 0. The molecule has 0 radical (unpaired) electrons. The van der Waals surface area contributed by atoms with Crippen molar-refractivity contribution >= 4 is 5.97 Å². The van der Waals surface area contributed by atoms with Gasteiger partial charge in [-0.2, -0.15) is 0 Å². The molecule has 0 saturated heterocycles. The summed E-state index contributed by atoms with van der Waals surface area (Å²) in [7, 11) is 0. The Morgan fingerprint density at radius 2 is 1.52 bits per heavy atom. The van der Waals surface area contributed by atoms with Gasteiger partial charge in [-0.05, 0) is 52.5 Å². The molecule has 2 unspecified atom stereocenters. The van der Waals surface area contributed by atoms with Crippen molar-refractivity contribution in [1.82, 2.24) is 0 Å². The molecule has 0 spiro atoms. The van der Waals surface area contributed by atoms with Gasteiger partial charge >= 0.3 is 5.97 Å². The summed E-state index contributed by atoms with van der Waals surface area (Å²) < 4.78 is 12.3. The summed E-state index contributed by atoms with van der Waals surface area (Å²) in [6, 6.07) is 8.30. The van der Waals surface area contributed by atoms with Crippen LogP contribution in [0.3, 0.4) is 0 Å². The van der Waals surface area contributed by atoms with Crippen LogP contribution in [0.2, 0.25) is 0 Å². The molecule has 1 aromatic carbocycles. The molecular formula is C28H46O3. The highest BCUT2D eigenvalue weighted by molar-refractivity contribution is 5.69. The molecule has 1 saturated carbocycles. The first-order valence-corrected chi connectivity index (χ1v) is 12.9. The Morgan fingerprint density at radius 1 is 0.903 bits per heavy atom. The van der Waals surface area contributed by atoms with Crippen molar-refractivity contribution in [2.24, 2.45) is 0 Å². The van der Waals surface area contributed by atoms with Gasteiger partial charge in [0.25, 0.3) is 0 Å². The quantitative estimate of drug-likeness (QED) is 0.233. The first kappa shape index (κ1) is 25.7. The highest BCUT2D eigenvalue weighted by Crippen LogP contribution is 2.40. The fourth-order valence-electron chi connectivity index (χ4n) is 4.61. The summed E-state index contributed by atoms with van der Waals surface area (Å²) in [5.74, 6) is 1.15. The van der Waals surface area contributed by atoms with Gasteiger partial charge in [0, 0.05) is 17.9 Å². The molecule has 0 amide bonds. The van der Waals surface area contributed by atoms with Crippen molar-refractivity contribution in [2.75, 3.05) is 0 Å². The molecular weight excluding hydrogens is 384 g/mol. The van der Waals surface area contributed by atoms with Gasteiger partial charge in [0.1, 0.15) is 17.5 Å². The van der Waals surface area contributed by atoms with Crippen molar-refractivity contribution in [1.29, 1.82) is 0 Å². The van der Waals surface area contributed by atoms with E-state index in [0.29, 0.717) is 6.42 Å². The smallest absolute Gasteiger partial charge is 0.306 e. The second kappa shape index (κ2) is 13.8. The Morgan fingerprint density at radius 3 is 2.19 bits per heavy atom. The van der Waals surface area contributed by atoms with Gasteiger partial charge < -0.3 is 9.47 Å². The molecule has 1 aromatic rings. The molecule has 0 aliphatic heterocycles. The van der Waals surface area contributed by atoms with Crippen LogP contribution in [0.5, 0.6) is 5.75 Å². The van der Waals surface area contributed by atoms with E-state index in [1.807, 2.05) is 6.07 Å². The lowest BCUT2D eigenvalue weighted by Crippen LogP contribution is -2.30. The topological polar surface area (TPSA) is 35.5 Å². The van der Waals surface area contributed by atoms with Gasteiger partial charge in [-0.1, -0.05) is 82.9 Å². The highest BCUT2D eigenvalue weighted by Gasteiger charge is 2.32. The lowest BCUT2D eigenvalue weighted by atomic mass is 9.81. The molecule has 3 nitrogen and oxygen atoms in total. The summed E-state index contributed by atoms with van der Waals surface area (Å²) in [6.45, 7) is 8.49. The molecule has 1 aliphatic rings. The van der Waals surface area contributed by atoms with Crippen molar-refractivity contribution in [2.45, 2.75) is 135 Å². The number of carbonyl (C=O) groups is 1. The minimum absolute atomic E-state index is 0.0194. The maximum Gasteiger partial charge on any atom is 0.306 e. The Kier molecular flexibility index (Phi) is 11.5. The lowest BCUT2D eigenvalue weighted by molar-refractivity contribution is -0.151. The molecule has 31 heavy (non-hydrogen) atoms. The number of carbonyl (C=O) groups excluding carboxylic acids is 1. The molecule has 3 heteroatoms. The van der Waals surface area contributed by atoms with E-state index >= 15 is 0 Å². The van der Waals surface area contributed by atoms with E-state index in [-0.39, 0.29) is 23.6 Å². The van der Waals surface area contributed by atoms with Crippen LogP contribution in [-0.4, -0.2) is 17.7 Å². The number of hydrogen-bond acceptors (Lipinski definition) is 3. The molecule has 0 heterocycles. The largest absolute Gasteiger partial charge is 0.488 e. The Bertz CT molecular complexity index is 631. The third-order valence-electron chi connectivity index (χ3n) is 6.20. The molecule has 0 bridgehead atoms. The fraction of sp³-hybridized carbons (Fsp3) is 0.750. The van der Waals surface area contributed by atoms with E-state index in [0.717, 1.165) is 37.9 Å². The lowest BCUT2D eigenvalue weighted by Gasteiger charge is -2.33. The minimum atomic E-state index is -0.243. The van der Waals surface area contributed by atoms with Crippen molar-refractivity contribution in [3.63, 3.8) is 0 Å². The van der Waals surface area contributed by atoms with Crippen LogP contribution in [0.4, 0.5) is 0 Å². The van der Waals surface area contributed by atoms with Crippen LogP contribution >= 0.6 is 0 Å². The molecule has 2 rings (SSSR count). The number of benzene rings is 1. The molecule has 0 N–H and O–H groups in total. The van der Waals surface area contributed by atoms with Crippen LogP contribution in [0, 0.1) is 0 Å². The number of unbranched alkanes of at least 4 members (excludes halogenated alkanes) is 8. The van der Waals surface area contributed by atoms with E-state index in [2.05, 4.69) is 45.9 Å². The van der Waals surface area contributed by atoms with Crippen LogP contribution < -0.4 is 4.74 Å². The maximum absolute atomic E-state index is 12.6. The SMILES string of the molecule is CCCCCCCCCCCC(=O)OC1CCCCC1c1ccccc1OC(C)(C)C. The zero-order chi connectivity index (χ0) is 22.5. The summed E-state index contributed by atoms with van der Waals surface area (Å²) in [6.07, 6.45) is 16.2. The van der Waals surface area contributed by atoms with E-state index in [1.165, 1.54) is 56.9 Å². The number of hydrogen-bond donors (Lipinski definition) is 0. The Hall–Kier alpha value is -1.51. The van der Waals surface area contributed by atoms with Crippen LogP contribution in [-0.2, 0) is 9.53 Å². The average molecular weight is 431 g/mol. The number of ether oxygens (including phenoxy) is 2. The molecule has 1 aliphatic carbocycles. The maximum atomic E-state index is 12.6. The zero-order valence-electron chi connectivity index (χ0n) is 20.6. The van der Waals surface area contributed by atoms with Crippen LogP contribution in [0.25, 0.3) is 0 Å². The first-order valence-electron chi connectivity index (χ1n) is 12.9. The Labute approximate surface area is 191 Å². The Balaban J connectivity index is 1.79. The van der Waals surface area contributed by atoms with E-state index in [1.54, 1.807) is 0 Å². The number of esters is 1. The predicted octanol–water partition coefficient (Wildman–Crippen LogP) is 8.35. The molecule has 0 aromatic heterocycles. The van der Waals surface area contributed by atoms with E-state index in [9.17, 15) is 4.79 Å². The van der Waals surface area contributed by atoms with Crippen LogP contribution in [0.15, 0.2) is 24.3 Å². The summed E-state index contributed by atoms with van der Waals surface area (Å²) >= 11 is 0. The van der Waals surface area contributed by atoms with Gasteiger partial charge in [-0.25, -0.2) is 0 Å². The standard InChI is InChI=1S/C28H46O3/c1-5-6-7-8-9-10-11-12-13-22-27(29)30-25-20-16-14-18-23(25)24-19-15-17-21-26(24)31-28(2,3)4/h15,17,19,21,23,25H,5-14,16,18,20,22H2,1-4H3. The van der Waals surface area contributed by atoms with Gasteiger partial charge in [-0.3, -0.25) is 4.79 Å². The molecule has 1 fully saturated rings. The van der Waals surface area contributed by atoms with Gasteiger partial charge in [0.05, 0.1) is 0 Å². The predicted molar refractivity (Wildman–Crippen MR) is 130 cm³/mol. The second-order valence-corrected chi connectivity index (χ2v) is 10.2. The van der Waals surface area contributed by atoms with Crippen LogP contribution in [0.1, 0.15) is 129 Å². The monoisotopic (exact) mass is 430 g/mol. The van der Waals surface area contributed by atoms with E-state index in [4.69, 9.17) is 9.47 Å². The highest BCUT2D eigenvalue weighted by atomic mass is 16.5. The van der Waals surface area contributed by atoms with Gasteiger partial charge in [0.15, 0.2) is 0 Å². The average Bonchev–Trinajstić information content (AvgIpc) is 2.72. The summed E-state index contributed by atoms with van der Waals surface area (Å²) in [5.41, 5.74) is 0.949. The first-order chi connectivity index (χ1) is 14.9. The van der Waals surface area contributed by atoms with Crippen molar-refractivity contribution in [3.8, 4) is 5.75 Å². The zero-order valence-corrected chi connectivity index (χ0v) is 20.6. The number of rotatable bonds is 13.